The molecule has 0 aliphatic heterocycles. The molecule has 0 radical (unpaired) electrons. The third-order valence-corrected chi connectivity index (χ3v) is 1.71. The van der Waals surface area contributed by atoms with Crippen LogP contribution in [-0.4, -0.2) is 4.98 Å². The molecule has 1 aromatic rings. The molecule has 0 saturated heterocycles. The predicted octanol–water partition coefficient (Wildman–Crippen LogP) is 2.94. The second-order valence-corrected chi connectivity index (χ2v) is 3.62. The van der Waals surface area contributed by atoms with Gasteiger partial charge in [0.1, 0.15) is 0 Å². The summed E-state index contributed by atoms with van der Waals surface area (Å²) < 4.78 is 0.916. The first kappa shape index (κ1) is 8.47. The molecule has 2 heteroatoms. The Hall–Kier alpha value is -0.630. The van der Waals surface area contributed by atoms with E-state index < -0.39 is 0 Å². The van der Waals surface area contributed by atoms with E-state index in [0.717, 1.165) is 10.9 Å². The minimum absolute atomic E-state index is 0.683. The lowest BCUT2D eigenvalue weighted by Crippen LogP contribution is -1.95. The fourth-order valence-electron chi connectivity index (χ4n) is 1.05. The van der Waals surface area contributed by atoms with Gasteiger partial charge in [-0.15, -0.1) is 0 Å². The van der Waals surface area contributed by atoms with E-state index in [9.17, 15) is 0 Å². The Balaban J connectivity index is 2.80. The lowest BCUT2D eigenvalue weighted by atomic mass is 10.1. The molecule has 0 unspecified atom stereocenters. The van der Waals surface area contributed by atoms with Crippen LogP contribution in [0.25, 0.3) is 0 Å². The van der Waals surface area contributed by atoms with Gasteiger partial charge in [-0.25, -0.2) is 0 Å². The van der Waals surface area contributed by atoms with Gasteiger partial charge < -0.3 is 4.98 Å². The zero-order valence-corrected chi connectivity index (χ0v) is 7.74. The monoisotopic (exact) mass is 167 g/mol. The number of H-pyrrole nitrogens is 1. The van der Waals surface area contributed by atoms with E-state index in [-0.39, 0.29) is 0 Å². The molecule has 0 bridgehead atoms. The van der Waals surface area contributed by atoms with Gasteiger partial charge in [0.15, 0.2) is 0 Å². The van der Waals surface area contributed by atoms with Crippen LogP contribution >= 0.6 is 12.2 Å². The van der Waals surface area contributed by atoms with Crippen molar-refractivity contribution in [2.45, 2.75) is 20.3 Å². The summed E-state index contributed by atoms with van der Waals surface area (Å²) in [6, 6.07) is 3.93. The average molecular weight is 167 g/mol. The Labute approximate surface area is 72.5 Å². The van der Waals surface area contributed by atoms with Crippen molar-refractivity contribution in [1.82, 2.24) is 4.98 Å². The van der Waals surface area contributed by atoms with Crippen LogP contribution in [0.3, 0.4) is 0 Å². The number of hydrogen-bond donors (Lipinski definition) is 1. The first-order chi connectivity index (χ1) is 5.18. The van der Waals surface area contributed by atoms with Crippen molar-refractivity contribution < 1.29 is 0 Å². The fourth-order valence-corrected chi connectivity index (χ4v) is 1.26. The van der Waals surface area contributed by atoms with Gasteiger partial charge in [0.25, 0.3) is 0 Å². The first-order valence-electron chi connectivity index (χ1n) is 3.86. The second kappa shape index (κ2) is 3.67. The maximum atomic E-state index is 5.03. The van der Waals surface area contributed by atoms with E-state index in [1.54, 1.807) is 0 Å². The summed E-state index contributed by atoms with van der Waals surface area (Å²) in [5.74, 6) is 0.683. The molecule has 0 spiro atoms. The summed E-state index contributed by atoms with van der Waals surface area (Å²) in [5.41, 5.74) is 1.23. The topological polar surface area (TPSA) is 15.8 Å². The van der Waals surface area contributed by atoms with Crippen molar-refractivity contribution in [3.05, 3.63) is 28.5 Å². The van der Waals surface area contributed by atoms with E-state index in [2.05, 4.69) is 18.8 Å². The molecule has 1 N–H and O–H groups in total. The van der Waals surface area contributed by atoms with Gasteiger partial charge in [0, 0.05) is 16.4 Å². The smallest absolute Gasteiger partial charge is 0.0408 e. The molecule has 0 aliphatic rings. The molecule has 0 aromatic carbocycles. The van der Waals surface area contributed by atoms with Crippen molar-refractivity contribution in [1.29, 1.82) is 0 Å². The van der Waals surface area contributed by atoms with E-state index in [1.807, 2.05) is 18.3 Å². The molecule has 0 saturated carbocycles. The number of hydrogen-bond acceptors (Lipinski definition) is 1. The predicted molar refractivity (Wildman–Crippen MR) is 50.2 cm³/mol. The molecule has 1 aromatic heterocycles. The number of nitrogens with one attached hydrogen (secondary N) is 1. The highest BCUT2D eigenvalue weighted by molar-refractivity contribution is 7.71. The van der Waals surface area contributed by atoms with Gasteiger partial charge in [0.05, 0.1) is 0 Å². The quantitative estimate of drug-likeness (QED) is 0.670. The lowest BCUT2D eigenvalue weighted by molar-refractivity contribution is 0.635. The van der Waals surface area contributed by atoms with E-state index >= 15 is 0 Å². The minimum Gasteiger partial charge on any atom is -0.365 e. The molecule has 0 atom stereocenters. The summed E-state index contributed by atoms with van der Waals surface area (Å²) in [4.78, 5) is 3.17. The van der Waals surface area contributed by atoms with Crippen LogP contribution < -0.4 is 0 Å². The SMILES string of the molecule is CC(C)Cc1cc(=S)cc[nH]1. The van der Waals surface area contributed by atoms with Crippen LogP contribution in [0.15, 0.2) is 18.3 Å². The number of aromatic nitrogens is 1. The van der Waals surface area contributed by atoms with Gasteiger partial charge in [-0.2, -0.15) is 0 Å². The third kappa shape index (κ3) is 2.85. The average Bonchev–Trinajstić information content (AvgIpc) is 1.85. The zero-order valence-electron chi connectivity index (χ0n) is 6.92. The molecular formula is C9H13NS. The Kier molecular flexibility index (Phi) is 2.83. The molecular weight excluding hydrogens is 154 g/mol. The minimum atomic E-state index is 0.683. The van der Waals surface area contributed by atoms with Crippen molar-refractivity contribution in [2.24, 2.45) is 5.92 Å². The second-order valence-electron chi connectivity index (χ2n) is 3.15. The highest BCUT2D eigenvalue weighted by atomic mass is 32.1. The highest BCUT2D eigenvalue weighted by Crippen LogP contribution is 2.04. The largest absolute Gasteiger partial charge is 0.365 e. The Morgan fingerprint density at radius 2 is 2.27 bits per heavy atom. The van der Waals surface area contributed by atoms with E-state index in [1.165, 1.54) is 5.69 Å². The summed E-state index contributed by atoms with van der Waals surface area (Å²) in [6.45, 7) is 4.40. The summed E-state index contributed by atoms with van der Waals surface area (Å²) in [6.07, 6.45) is 2.98. The van der Waals surface area contributed by atoms with Gasteiger partial charge >= 0.3 is 0 Å². The summed E-state index contributed by atoms with van der Waals surface area (Å²) in [7, 11) is 0. The number of rotatable bonds is 2. The van der Waals surface area contributed by atoms with Crippen LogP contribution in [0, 0.1) is 10.4 Å². The maximum Gasteiger partial charge on any atom is 0.0408 e. The molecule has 1 heterocycles. The fraction of sp³-hybridized carbons (Fsp3) is 0.444. The van der Waals surface area contributed by atoms with Crippen molar-refractivity contribution in [3.8, 4) is 0 Å². The van der Waals surface area contributed by atoms with E-state index in [0.29, 0.717) is 5.92 Å². The number of pyridine rings is 1. The zero-order chi connectivity index (χ0) is 8.27. The van der Waals surface area contributed by atoms with Crippen LogP contribution in [0.5, 0.6) is 0 Å². The van der Waals surface area contributed by atoms with Crippen LogP contribution in [0.1, 0.15) is 19.5 Å². The summed E-state index contributed by atoms with van der Waals surface area (Å²) >= 11 is 5.03. The lowest BCUT2D eigenvalue weighted by Gasteiger charge is -2.03. The third-order valence-electron chi connectivity index (χ3n) is 1.46. The van der Waals surface area contributed by atoms with Crippen LogP contribution in [0.4, 0.5) is 0 Å². The van der Waals surface area contributed by atoms with Gasteiger partial charge in [-0.05, 0) is 24.5 Å². The molecule has 0 aliphatic carbocycles. The van der Waals surface area contributed by atoms with Gasteiger partial charge in [-0.1, -0.05) is 26.1 Å². The standard InChI is InChI=1S/C9H13NS/c1-7(2)5-8-6-9(11)3-4-10-8/h3-4,6-7H,5H2,1-2H3,(H,10,11). The van der Waals surface area contributed by atoms with Crippen molar-refractivity contribution >= 4 is 12.2 Å². The normalized spacial score (nSPS) is 10.5. The molecule has 0 amide bonds. The first-order valence-corrected chi connectivity index (χ1v) is 4.27. The molecule has 1 rings (SSSR count). The van der Waals surface area contributed by atoms with Crippen molar-refractivity contribution in [2.75, 3.05) is 0 Å². The van der Waals surface area contributed by atoms with Crippen molar-refractivity contribution in [3.63, 3.8) is 0 Å². The van der Waals surface area contributed by atoms with E-state index in [4.69, 9.17) is 12.2 Å². The Morgan fingerprint density at radius 1 is 1.55 bits per heavy atom. The van der Waals surface area contributed by atoms with Gasteiger partial charge in [0.2, 0.25) is 0 Å². The van der Waals surface area contributed by atoms with Gasteiger partial charge in [-0.3, -0.25) is 0 Å². The molecule has 11 heavy (non-hydrogen) atoms. The molecule has 60 valence electrons. The maximum absolute atomic E-state index is 5.03. The van der Waals surface area contributed by atoms with Crippen LogP contribution in [0.2, 0.25) is 0 Å². The van der Waals surface area contributed by atoms with Crippen LogP contribution in [-0.2, 0) is 6.42 Å². The molecule has 0 fully saturated rings. The highest BCUT2D eigenvalue weighted by Gasteiger charge is 1.95. The Bertz CT molecular complexity index is 275. The molecule has 1 nitrogen and oxygen atoms in total. The Morgan fingerprint density at radius 3 is 2.82 bits per heavy atom. The summed E-state index contributed by atoms with van der Waals surface area (Å²) in [5, 5.41) is 0. The number of aromatic amines is 1.